The first-order valence-corrected chi connectivity index (χ1v) is 11.5. The molecule has 5 heterocycles. The Kier molecular flexibility index (Phi) is 5.49. The largest absolute Gasteiger partial charge is 0.310 e. The summed E-state index contributed by atoms with van der Waals surface area (Å²) in [5, 5.41) is 3.65. The summed E-state index contributed by atoms with van der Waals surface area (Å²) in [5.41, 5.74) is 3.32. The third-order valence-electron chi connectivity index (χ3n) is 6.41. The van der Waals surface area contributed by atoms with Gasteiger partial charge in [0.05, 0.1) is 17.9 Å². The van der Waals surface area contributed by atoms with Crippen LogP contribution in [-0.2, 0) is 13.1 Å². The first kappa shape index (κ1) is 20.5. The van der Waals surface area contributed by atoms with E-state index in [0.717, 1.165) is 49.2 Å². The summed E-state index contributed by atoms with van der Waals surface area (Å²) < 4.78 is 4.49. The van der Waals surface area contributed by atoms with E-state index in [1.165, 1.54) is 17.8 Å². The highest BCUT2D eigenvalue weighted by atomic mass is 79.9. The fraction of sp³-hybridized carbons (Fsp3) is 0.455. The molecule has 0 aromatic carbocycles. The van der Waals surface area contributed by atoms with Crippen LogP contribution in [0.25, 0.3) is 11.2 Å². The van der Waals surface area contributed by atoms with E-state index in [1.54, 1.807) is 15.2 Å². The van der Waals surface area contributed by atoms with Gasteiger partial charge in [0.1, 0.15) is 11.2 Å². The zero-order chi connectivity index (χ0) is 21.5. The van der Waals surface area contributed by atoms with Crippen LogP contribution in [0.3, 0.4) is 0 Å². The molecule has 1 fully saturated rings. The molecule has 8 nitrogen and oxygen atoms in total. The fourth-order valence-electron chi connectivity index (χ4n) is 4.69. The van der Waals surface area contributed by atoms with E-state index in [0.29, 0.717) is 23.8 Å². The second-order valence-electron chi connectivity index (χ2n) is 8.48. The molecule has 1 atom stereocenters. The maximum absolute atomic E-state index is 12.5. The van der Waals surface area contributed by atoms with Gasteiger partial charge in [0.25, 0.3) is 11.1 Å². The highest BCUT2D eigenvalue weighted by Gasteiger charge is 2.29. The van der Waals surface area contributed by atoms with E-state index in [4.69, 9.17) is 0 Å². The monoisotopic (exact) mass is 484 g/mol. The van der Waals surface area contributed by atoms with Gasteiger partial charge < -0.3 is 10.2 Å². The van der Waals surface area contributed by atoms with Crippen LogP contribution in [0.15, 0.2) is 44.7 Å². The number of piperidine rings is 1. The van der Waals surface area contributed by atoms with Crippen molar-refractivity contribution in [2.45, 2.75) is 44.9 Å². The van der Waals surface area contributed by atoms with Crippen molar-refractivity contribution in [3.05, 3.63) is 67.0 Å². The van der Waals surface area contributed by atoms with Crippen molar-refractivity contribution in [1.29, 1.82) is 0 Å². The van der Waals surface area contributed by atoms with Crippen molar-refractivity contribution in [3.8, 4) is 0 Å². The summed E-state index contributed by atoms with van der Waals surface area (Å²) in [6.07, 6.45) is 5.40. The molecule has 3 aromatic rings. The molecule has 0 spiro atoms. The Bertz CT molecular complexity index is 1240. The third kappa shape index (κ3) is 3.97. The number of hydrogen-bond acceptors (Lipinski definition) is 6. The lowest BCUT2D eigenvalue weighted by atomic mass is 10.0. The fourth-order valence-corrected chi connectivity index (χ4v) is 5.08. The smallest absolute Gasteiger partial charge is 0.270 e. The van der Waals surface area contributed by atoms with E-state index in [9.17, 15) is 9.59 Å². The van der Waals surface area contributed by atoms with E-state index in [1.807, 2.05) is 13.1 Å². The topological polar surface area (TPSA) is 85.1 Å². The van der Waals surface area contributed by atoms with Crippen LogP contribution in [0.4, 0.5) is 0 Å². The molecular formula is C22H25BrN6O2. The van der Waals surface area contributed by atoms with Crippen LogP contribution in [0.1, 0.15) is 30.1 Å². The highest BCUT2D eigenvalue weighted by Crippen LogP contribution is 2.24. The lowest BCUT2D eigenvalue weighted by Crippen LogP contribution is -2.44. The number of aromatic nitrogens is 4. The summed E-state index contributed by atoms with van der Waals surface area (Å²) >= 11 is 3.55. The molecule has 0 unspecified atom stereocenters. The zero-order valence-electron chi connectivity index (χ0n) is 17.4. The summed E-state index contributed by atoms with van der Waals surface area (Å²) in [6.45, 7) is 6.03. The molecule has 0 saturated carbocycles. The van der Waals surface area contributed by atoms with Crippen LogP contribution in [-0.4, -0.2) is 49.7 Å². The van der Waals surface area contributed by atoms with Crippen molar-refractivity contribution >= 4 is 27.1 Å². The quantitative estimate of drug-likeness (QED) is 0.594. The zero-order valence-corrected chi connectivity index (χ0v) is 19.0. The maximum Gasteiger partial charge on any atom is 0.270 e. The van der Waals surface area contributed by atoms with Crippen LogP contribution in [0, 0.1) is 6.92 Å². The Labute approximate surface area is 188 Å². The van der Waals surface area contributed by atoms with Gasteiger partial charge in [-0.1, -0.05) is 0 Å². The predicted octanol–water partition coefficient (Wildman–Crippen LogP) is 1.83. The average molecular weight is 485 g/mol. The maximum atomic E-state index is 12.5. The first-order chi connectivity index (χ1) is 15.0. The molecule has 1 N–H and O–H groups in total. The number of halogens is 1. The second-order valence-corrected chi connectivity index (χ2v) is 9.33. The van der Waals surface area contributed by atoms with Gasteiger partial charge in [0.2, 0.25) is 0 Å². The SMILES string of the molecule is Cc1ncc(CNC2CCN(C[C@@H]3Cn4c(=O)ccc5ncc(=O)n3c54)CC2)cc1Br. The molecule has 2 aliphatic rings. The number of aryl methyl sites for hydroxylation is 1. The van der Waals surface area contributed by atoms with Gasteiger partial charge in [-0.3, -0.25) is 23.7 Å². The second kappa shape index (κ2) is 8.29. The van der Waals surface area contributed by atoms with Gasteiger partial charge in [-0.25, -0.2) is 4.98 Å². The number of likely N-dealkylation sites (tertiary alicyclic amines) is 1. The molecular weight excluding hydrogens is 460 g/mol. The minimum atomic E-state index is -0.135. The first-order valence-electron chi connectivity index (χ1n) is 10.7. The normalized spacial score (nSPS) is 19.4. The van der Waals surface area contributed by atoms with Gasteiger partial charge in [0.15, 0.2) is 0 Å². The van der Waals surface area contributed by atoms with Crippen LogP contribution in [0.2, 0.25) is 0 Å². The lowest BCUT2D eigenvalue weighted by molar-refractivity contribution is 0.171. The van der Waals surface area contributed by atoms with Crippen LogP contribution < -0.4 is 16.4 Å². The van der Waals surface area contributed by atoms with E-state index in [-0.39, 0.29) is 17.2 Å². The van der Waals surface area contributed by atoms with Crippen LogP contribution >= 0.6 is 15.9 Å². The molecule has 2 aliphatic heterocycles. The van der Waals surface area contributed by atoms with Gasteiger partial charge >= 0.3 is 0 Å². The molecule has 31 heavy (non-hydrogen) atoms. The number of nitrogens with one attached hydrogen (secondary N) is 1. The Morgan fingerprint density at radius 2 is 1.94 bits per heavy atom. The van der Waals surface area contributed by atoms with Crippen molar-refractivity contribution < 1.29 is 0 Å². The molecule has 0 aliphatic carbocycles. The number of pyridine rings is 2. The predicted molar refractivity (Wildman–Crippen MR) is 122 cm³/mol. The minimum Gasteiger partial charge on any atom is -0.310 e. The van der Waals surface area contributed by atoms with Gasteiger partial charge in [-0.05, 0) is 66.5 Å². The van der Waals surface area contributed by atoms with Gasteiger partial charge in [-0.2, -0.15) is 0 Å². The number of hydrogen-bond donors (Lipinski definition) is 1. The van der Waals surface area contributed by atoms with E-state index in [2.05, 4.69) is 42.2 Å². The lowest BCUT2D eigenvalue weighted by Gasteiger charge is -2.34. The summed E-state index contributed by atoms with van der Waals surface area (Å²) in [5.74, 6) is 0. The van der Waals surface area contributed by atoms with Crippen molar-refractivity contribution in [2.75, 3.05) is 19.6 Å². The molecule has 5 rings (SSSR count). The van der Waals surface area contributed by atoms with Crippen molar-refractivity contribution in [3.63, 3.8) is 0 Å². The van der Waals surface area contributed by atoms with Crippen molar-refractivity contribution in [1.82, 2.24) is 29.3 Å². The highest BCUT2D eigenvalue weighted by molar-refractivity contribution is 9.10. The van der Waals surface area contributed by atoms with E-state index < -0.39 is 0 Å². The number of rotatable bonds is 5. The molecule has 0 amide bonds. The van der Waals surface area contributed by atoms with Gasteiger partial charge in [0, 0.05) is 42.4 Å². The molecule has 162 valence electrons. The molecule has 0 radical (unpaired) electrons. The molecule has 9 heteroatoms. The Morgan fingerprint density at radius 1 is 1.13 bits per heavy atom. The Morgan fingerprint density at radius 3 is 2.71 bits per heavy atom. The molecule has 3 aromatic heterocycles. The minimum absolute atomic E-state index is 0.0337. The summed E-state index contributed by atoms with van der Waals surface area (Å²) in [4.78, 5) is 35.9. The summed E-state index contributed by atoms with van der Waals surface area (Å²) in [7, 11) is 0. The van der Waals surface area contributed by atoms with Crippen molar-refractivity contribution in [2.24, 2.45) is 0 Å². The Hall–Kier alpha value is -2.36. The Balaban J connectivity index is 1.21. The summed E-state index contributed by atoms with van der Waals surface area (Å²) in [6, 6.07) is 5.79. The average Bonchev–Trinajstić information content (AvgIpc) is 3.15. The van der Waals surface area contributed by atoms with Gasteiger partial charge in [-0.15, -0.1) is 0 Å². The van der Waals surface area contributed by atoms with Crippen LogP contribution in [0.5, 0.6) is 0 Å². The van der Waals surface area contributed by atoms with E-state index >= 15 is 0 Å². The number of nitrogens with zero attached hydrogens (tertiary/aromatic N) is 5. The third-order valence-corrected chi connectivity index (χ3v) is 7.21. The molecule has 1 saturated heterocycles. The molecule has 0 bridgehead atoms. The standard InChI is InChI=1S/C22H25BrN6O2/c1-14-18(23)8-15(9-24-14)10-25-16-4-6-27(7-5-16)12-17-13-28-20(30)3-2-19-22(28)29(17)21(31)11-26-19/h2-3,8-9,11,16-17,25H,4-7,10,12-13H2,1H3/t17-/m1/s1.